The predicted molar refractivity (Wildman–Crippen MR) is 132 cm³/mol. The molecule has 6 rings (SSSR count). The average molecular weight is 645 g/mol. The normalized spacial score (nSPS) is 23.6. The first kappa shape index (κ1) is 23.6. The maximum Gasteiger partial charge on any atom is 0.217 e. The monoisotopic (exact) mass is 644 g/mol. The number of nitrogens with zero attached hydrogens (tertiary/aromatic N) is 2. The molecule has 2 aliphatic rings. The number of fused-ring (bicyclic) bond motifs is 4. The molecule has 0 unspecified atom stereocenters. The van der Waals surface area contributed by atoms with Gasteiger partial charge < -0.3 is 14.6 Å². The predicted octanol–water partition coefficient (Wildman–Crippen LogP) is 6.27. The topological polar surface area (TPSA) is 63.9 Å². The van der Waals surface area contributed by atoms with Crippen molar-refractivity contribution in [2.75, 3.05) is 0 Å². The van der Waals surface area contributed by atoms with E-state index in [9.17, 15) is 5.11 Å². The third-order valence-corrected chi connectivity index (χ3v) is 7.76. The van der Waals surface area contributed by atoms with E-state index in [2.05, 4.69) is 63.0 Å². The number of benzene rings is 3. The van der Waals surface area contributed by atoms with Crippen molar-refractivity contribution < 1.29 is 35.6 Å². The molecule has 2 heterocycles. The number of ether oxygens (including phenoxy) is 2. The Bertz CT molecular complexity index is 1500. The van der Waals surface area contributed by atoms with Crippen molar-refractivity contribution in [2.45, 2.75) is 44.2 Å². The number of pyridine rings is 1. The summed E-state index contributed by atoms with van der Waals surface area (Å²) >= 11 is 0. The number of phenolic OH excluding ortho intramolecular Hbond substituents is 1. The smallest absolute Gasteiger partial charge is 0.217 e. The molecule has 3 aromatic carbocycles. The summed E-state index contributed by atoms with van der Waals surface area (Å²) in [7, 11) is 0. The van der Waals surface area contributed by atoms with Gasteiger partial charge in [-0.05, 0) is 37.1 Å². The maximum atomic E-state index is 10.1. The van der Waals surface area contributed by atoms with E-state index in [4.69, 9.17) is 14.5 Å². The van der Waals surface area contributed by atoms with Crippen LogP contribution in [-0.2, 0) is 36.8 Å². The number of aromatic nitrogens is 1. The molecule has 0 fully saturated rings. The van der Waals surface area contributed by atoms with Crippen LogP contribution in [-0.4, -0.2) is 21.6 Å². The summed E-state index contributed by atoms with van der Waals surface area (Å²) in [6.45, 7) is 8.74. The van der Waals surface area contributed by atoms with E-state index in [0.717, 1.165) is 10.9 Å². The number of phenols is 1. The van der Waals surface area contributed by atoms with E-state index in [0.29, 0.717) is 23.0 Å². The molecule has 0 saturated heterocycles. The Labute approximate surface area is 219 Å². The van der Waals surface area contributed by atoms with E-state index in [1.807, 2.05) is 30.3 Å². The molecular weight excluding hydrogens is 619 g/mol. The molecular formula is C29H25N2O3Pt-. The summed E-state index contributed by atoms with van der Waals surface area (Å²) < 4.78 is 12.6. The van der Waals surface area contributed by atoms with E-state index in [1.165, 1.54) is 11.1 Å². The van der Waals surface area contributed by atoms with Crippen LogP contribution in [0.1, 0.15) is 44.4 Å². The third-order valence-electron chi connectivity index (χ3n) is 7.76. The summed E-state index contributed by atoms with van der Waals surface area (Å²) in [4.78, 5) is 9.58. The molecule has 1 aliphatic carbocycles. The molecule has 0 saturated carbocycles. The van der Waals surface area contributed by atoms with Crippen LogP contribution >= 0.6 is 0 Å². The van der Waals surface area contributed by atoms with E-state index < -0.39 is 11.1 Å². The number of aliphatic imine (C=N–C) groups is 1. The summed E-state index contributed by atoms with van der Waals surface area (Å²) in [6.07, 6.45) is 0. The van der Waals surface area contributed by atoms with Gasteiger partial charge >= 0.3 is 0 Å². The van der Waals surface area contributed by atoms with E-state index >= 15 is 0 Å². The zero-order valence-electron chi connectivity index (χ0n) is 19.9. The fraction of sp³-hybridized carbons (Fsp3) is 0.241. The van der Waals surface area contributed by atoms with Crippen molar-refractivity contribution in [1.29, 1.82) is 0 Å². The Hall–Kier alpha value is -3.17. The number of hydrogen-bond donors (Lipinski definition) is 1. The van der Waals surface area contributed by atoms with Crippen LogP contribution in [0.25, 0.3) is 10.9 Å². The molecule has 180 valence electrons. The molecule has 0 spiro atoms. The van der Waals surface area contributed by atoms with Crippen molar-refractivity contribution in [1.82, 2.24) is 4.98 Å². The molecule has 0 amide bonds. The van der Waals surface area contributed by atoms with Gasteiger partial charge in [-0.25, -0.2) is 4.98 Å². The second-order valence-electron chi connectivity index (χ2n) is 9.82. The van der Waals surface area contributed by atoms with Gasteiger partial charge in [-0.3, -0.25) is 4.99 Å². The number of aromatic hydroxyl groups is 1. The van der Waals surface area contributed by atoms with Crippen molar-refractivity contribution in [3.8, 4) is 17.4 Å². The Kier molecular flexibility index (Phi) is 5.34. The second kappa shape index (κ2) is 7.93. The van der Waals surface area contributed by atoms with Gasteiger partial charge in [0.05, 0.1) is 0 Å². The number of rotatable bonds is 3. The molecule has 0 bridgehead atoms. The summed E-state index contributed by atoms with van der Waals surface area (Å²) in [6, 6.07) is 26.3. The van der Waals surface area contributed by atoms with Gasteiger partial charge in [0, 0.05) is 43.7 Å². The molecule has 1 aliphatic heterocycles. The first-order valence-electron chi connectivity index (χ1n) is 11.4. The molecule has 0 radical (unpaired) electrons. The Morgan fingerprint density at radius 3 is 2.40 bits per heavy atom. The van der Waals surface area contributed by atoms with Crippen LogP contribution < -0.4 is 4.74 Å². The summed E-state index contributed by atoms with van der Waals surface area (Å²) in [5.41, 5.74) is 2.42. The maximum absolute atomic E-state index is 10.1. The van der Waals surface area contributed by atoms with Crippen LogP contribution in [0, 0.1) is 6.07 Å². The molecule has 1 aromatic heterocycles. The van der Waals surface area contributed by atoms with Crippen LogP contribution in [0.4, 0.5) is 0 Å². The summed E-state index contributed by atoms with van der Waals surface area (Å²) in [5.74, 6) is 1.55. The standard InChI is InChI=1S/C29H25N2O3.Pt/c1-27(2)21-12-5-6-13-22(21)28(3)29(27,4)34-26(31-28)19-10-7-11-20(17-19)33-24-16-15-18-9-8-14-23(32)25(18)30-24;/h5-16,32H,1-4H3;/q-1;/t28-,29+;/m0./s1. The molecule has 4 aromatic rings. The number of para-hydroxylation sites is 1. The van der Waals surface area contributed by atoms with Crippen molar-refractivity contribution in [2.24, 2.45) is 4.99 Å². The zero-order chi connectivity index (χ0) is 23.7. The van der Waals surface area contributed by atoms with Crippen molar-refractivity contribution in [3.05, 3.63) is 95.6 Å². The SMILES string of the molecule is CC1(C)c2ccccc2[C@]2(C)N=C(c3[c-]c(Oc4ccc5cccc(O)c5n4)ccc3)O[C@]12C.[Pt]. The van der Waals surface area contributed by atoms with Gasteiger partial charge in [0.15, 0.2) is 0 Å². The second-order valence-corrected chi connectivity index (χ2v) is 9.82. The Morgan fingerprint density at radius 1 is 0.857 bits per heavy atom. The van der Waals surface area contributed by atoms with Crippen LogP contribution in [0.3, 0.4) is 0 Å². The minimum absolute atomic E-state index is 0. The molecule has 2 atom stereocenters. The van der Waals surface area contributed by atoms with E-state index in [1.54, 1.807) is 18.2 Å². The largest absolute Gasteiger partial charge is 0.510 e. The molecule has 1 N–H and O–H groups in total. The van der Waals surface area contributed by atoms with Gasteiger partial charge in [0.1, 0.15) is 28.3 Å². The minimum atomic E-state index is -0.541. The Balaban J connectivity index is 0.00000253. The van der Waals surface area contributed by atoms with Gasteiger partial charge in [-0.15, -0.1) is 18.2 Å². The molecule has 6 heteroatoms. The molecule has 35 heavy (non-hydrogen) atoms. The number of hydrogen-bond acceptors (Lipinski definition) is 5. The van der Waals surface area contributed by atoms with Crippen molar-refractivity contribution in [3.63, 3.8) is 0 Å². The Morgan fingerprint density at radius 2 is 1.60 bits per heavy atom. The van der Waals surface area contributed by atoms with Gasteiger partial charge in [0.2, 0.25) is 5.88 Å². The first-order chi connectivity index (χ1) is 16.2. The molecule has 5 nitrogen and oxygen atoms in total. The van der Waals surface area contributed by atoms with Gasteiger partial charge in [-0.2, -0.15) is 0 Å². The fourth-order valence-electron chi connectivity index (χ4n) is 5.42. The fourth-order valence-corrected chi connectivity index (χ4v) is 5.42. The zero-order valence-corrected chi connectivity index (χ0v) is 22.2. The van der Waals surface area contributed by atoms with Gasteiger partial charge in [0.25, 0.3) is 0 Å². The van der Waals surface area contributed by atoms with Crippen molar-refractivity contribution >= 4 is 16.8 Å². The summed E-state index contributed by atoms with van der Waals surface area (Å²) in [5, 5.41) is 11.0. The van der Waals surface area contributed by atoms with Crippen LogP contribution in [0.5, 0.6) is 17.4 Å². The first-order valence-corrected chi connectivity index (χ1v) is 11.4. The minimum Gasteiger partial charge on any atom is -0.510 e. The third kappa shape index (κ3) is 3.25. The van der Waals surface area contributed by atoms with Crippen LogP contribution in [0.15, 0.2) is 77.8 Å². The van der Waals surface area contributed by atoms with Gasteiger partial charge in [-0.1, -0.05) is 61.9 Å². The average Bonchev–Trinajstić information content (AvgIpc) is 3.18. The quantitative estimate of drug-likeness (QED) is 0.267. The van der Waals surface area contributed by atoms with Crippen LogP contribution in [0.2, 0.25) is 0 Å². The van der Waals surface area contributed by atoms with E-state index in [-0.39, 0.29) is 32.2 Å².